The van der Waals surface area contributed by atoms with E-state index in [1.54, 1.807) is 30.3 Å². The smallest absolute Gasteiger partial charge is 0.294 e. The maximum atomic E-state index is 12.8. The van der Waals surface area contributed by atoms with Crippen LogP contribution in [0.3, 0.4) is 0 Å². The van der Waals surface area contributed by atoms with Gasteiger partial charge in [0, 0.05) is 5.69 Å². The van der Waals surface area contributed by atoms with Gasteiger partial charge in [-0.05, 0) is 83.4 Å². The summed E-state index contributed by atoms with van der Waals surface area (Å²) < 4.78 is 12.2. The number of halogens is 1. The van der Waals surface area contributed by atoms with Gasteiger partial charge in [-0.2, -0.15) is 0 Å². The van der Waals surface area contributed by atoms with Crippen LogP contribution in [0, 0.1) is 6.92 Å². The van der Waals surface area contributed by atoms with Crippen LogP contribution in [-0.2, 0) is 9.59 Å². The topological polar surface area (TPSA) is 84.9 Å². The third-order valence-corrected chi connectivity index (χ3v) is 6.17. The van der Waals surface area contributed by atoms with E-state index in [0.717, 1.165) is 28.6 Å². The van der Waals surface area contributed by atoms with E-state index in [4.69, 9.17) is 9.47 Å². The molecule has 0 bridgehead atoms. The molecule has 2 aromatic carbocycles. The number of rotatable bonds is 9. The number of anilines is 1. The predicted octanol–water partition coefficient (Wildman–Crippen LogP) is 5.62. The van der Waals surface area contributed by atoms with E-state index < -0.39 is 17.1 Å². The Labute approximate surface area is 205 Å². The van der Waals surface area contributed by atoms with Crippen molar-refractivity contribution in [3.8, 4) is 11.5 Å². The maximum absolute atomic E-state index is 12.8. The Hall–Kier alpha value is -2.78. The monoisotopic (exact) mass is 532 g/mol. The third kappa shape index (κ3) is 6.17. The van der Waals surface area contributed by atoms with Crippen molar-refractivity contribution in [2.75, 3.05) is 25.1 Å². The Morgan fingerprint density at radius 1 is 1.18 bits per heavy atom. The van der Waals surface area contributed by atoms with Crippen molar-refractivity contribution in [1.29, 1.82) is 0 Å². The van der Waals surface area contributed by atoms with Crippen LogP contribution in [0.15, 0.2) is 45.8 Å². The Morgan fingerprint density at radius 3 is 2.64 bits per heavy atom. The van der Waals surface area contributed by atoms with Gasteiger partial charge in [-0.3, -0.25) is 19.3 Å². The summed E-state index contributed by atoms with van der Waals surface area (Å²) in [4.78, 5) is 38.9. The van der Waals surface area contributed by atoms with Gasteiger partial charge in [-0.25, -0.2) is 0 Å². The molecule has 0 atom stereocenters. The number of nitrogens with one attached hydrogen (secondary N) is 1. The summed E-state index contributed by atoms with van der Waals surface area (Å²) in [6, 6.07) is 10.9. The van der Waals surface area contributed by atoms with Gasteiger partial charge in [0.15, 0.2) is 11.5 Å². The number of aryl methyl sites for hydroxylation is 1. The highest BCUT2D eigenvalue weighted by atomic mass is 79.9. The molecule has 3 amide bonds. The molecule has 0 radical (unpaired) electrons. The molecule has 1 N–H and O–H groups in total. The molecule has 7 nitrogen and oxygen atoms in total. The zero-order valence-electron chi connectivity index (χ0n) is 18.6. The van der Waals surface area contributed by atoms with Crippen LogP contribution < -0.4 is 14.8 Å². The summed E-state index contributed by atoms with van der Waals surface area (Å²) in [5.41, 5.74) is 2.20. The van der Waals surface area contributed by atoms with Crippen LogP contribution in [0.25, 0.3) is 6.08 Å². The highest BCUT2D eigenvalue weighted by Crippen LogP contribution is 2.39. The van der Waals surface area contributed by atoms with Gasteiger partial charge in [-0.1, -0.05) is 25.1 Å². The third-order valence-electron chi connectivity index (χ3n) is 4.67. The molecule has 3 rings (SSSR count). The minimum atomic E-state index is -0.509. The lowest BCUT2D eigenvalue weighted by Crippen LogP contribution is -2.36. The molecule has 0 unspecified atom stereocenters. The molecule has 0 spiro atoms. The Morgan fingerprint density at radius 2 is 1.94 bits per heavy atom. The van der Waals surface area contributed by atoms with Gasteiger partial charge in [0.2, 0.25) is 5.91 Å². The number of benzene rings is 2. The van der Waals surface area contributed by atoms with E-state index >= 15 is 0 Å². The molecule has 174 valence electrons. The van der Waals surface area contributed by atoms with Gasteiger partial charge < -0.3 is 14.8 Å². The van der Waals surface area contributed by atoms with Crippen molar-refractivity contribution in [2.24, 2.45) is 0 Å². The molecular formula is C24H25BrN2O5S. The number of amides is 3. The number of hydrogen-bond acceptors (Lipinski definition) is 6. The Balaban J connectivity index is 1.77. The first kappa shape index (κ1) is 24.9. The summed E-state index contributed by atoms with van der Waals surface area (Å²) in [6.07, 6.45) is 2.46. The van der Waals surface area contributed by atoms with Gasteiger partial charge in [0.05, 0.1) is 22.6 Å². The van der Waals surface area contributed by atoms with E-state index in [9.17, 15) is 14.4 Å². The van der Waals surface area contributed by atoms with E-state index in [2.05, 4.69) is 21.2 Å². The minimum absolute atomic E-state index is 0.236. The van der Waals surface area contributed by atoms with Crippen LogP contribution >= 0.6 is 27.7 Å². The zero-order chi connectivity index (χ0) is 24.0. The van der Waals surface area contributed by atoms with Gasteiger partial charge >= 0.3 is 0 Å². The fourth-order valence-corrected chi connectivity index (χ4v) is 4.53. The molecule has 1 fully saturated rings. The highest BCUT2D eigenvalue weighted by molar-refractivity contribution is 9.10. The number of ether oxygens (including phenoxy) is 2. The first-order valence-corrected chi connectivity index (χ1v) is 12.1. The van der Waals surface area contributed by atoms with Crippen LogP contribution in [0.4, 0.5) is 10.5 Å². The zero-order valence-corrected chi connectivity index (χ0v) is 21.0. The summed E-state index contributed by atoms with van der Waals surface area (Å²) in [5.74, 6) is 0.192. The second-order valence-electron chi connectivity index (χ2n) is 7.24. The largest absolute Gasteiger partial charge is 0.490 e. The van der Waals surface area contributed by atoms with Crippen LogP contribution in [-0.4, -0.2) is 41.7 Å². The number of para-hydroxylation sites is 1. The number of carbonyl (C=O) groups excluding carboxylic acids is 3. The number of imide groups is 1. The molecule has 1 aliphatic heterocycles. The first-order chi connectivity index (χ1) is 15.8. The molecule has 9 heteroatoms. The van der Waals surface area contributed by atoms with Crippen molar-refractivity contribution < 1.29 is 23.9 Å². The lowest BCUT2D eigenvalue weighted by atomic mass is 10.1. The van der Waals surface area contributed by atoms with E-state index in [1.165, 1.54) is 0 Å². The van der Waals surface area contributed by atoms with Crippen LogP contribution in [0.1, 0.15) is 31.4 Å². The van der Waals surface area contributed by atoms with Crippen molar-refractivity contribution in [3.63, 3.8) is 0 Å². The van der Waals surface area contributed by atoms with Gasteiger partial charge in [0.25, 0.3) is 11.1 Å². The van der Waals surface area contributed by atoms with Crippen molar-refractivity contribution in [1.82, 2.24) is 4.90 Å². The number of hydrogen-bond donors (Lipinski definition) is 1. The summed E-state index contributed by atoms with van der Waals surface area (Å²) >= 11 is 4.30. The van der Waals surface area contributed by atoms with Crippen LogP contribution in [0.2, 0.25) is 0 Å². The second-order valence-corrected chi connectivity index (χ2v) is 9.09. The number of carbonyl (C=O) groups is 3. The second kappa shape index (κ2) is 11.4. The fraction of sp³-hybridized carbons (Fsp3) is 0.292. The Kier molecular flexibility index (Phi) is 8.57. The quantitative estimate of drug-likeness (QED) is 0.422. The predicted molar refractivity (Wildman–Crippen MR) is 134 cm³/mol. The Bertz CT molecular complexity index is 1100. The molecule has 0 saturated carbocycles. The van der Waals surface area contributed by atoms with Gasteiger partial charge in [-0.15, -0.1) is 0 Å². The molecule has 1 saturated heterocycles. The maximum Gasteiger partial charge on any atom is 0.294 e. The van der Waals surface area contributed by atoms with Gasteiger partial charge in [0.1, 0.15) is 6.54 Å². The summed E-state index contributed by atoms with van der Waals surface area (Å²) in [5, 5.41) is 2.26. The molecule has 2 aromatic rings. The number of thioether (sulfide) groups is 1. The van der Waals surface area contributed by atoms with Crippen molar-refractivity contribution in [2.45, 2.75) is 27.2 Å². The lowest BCUT2D eigenvalue weighted by molar-refractivity contribution is -0.127. The highest BCUT2D eigenvalue weighted by Gasteiger charge is 2.36. The first-order valence-electron chi connectivity index (χ1n) is 10.5. The molecule has 0 aromatic heterocycles. The fourth-order valence-electron chi connectivity index (χ4n) is 3.11. The number of nitrogens with zero attached hydrogens (tertiary/aromatic N) is 1. The normalized spacial score (nSPS) is 14.7. The molecule has 1 heterocycles. The van der Waals surface area contributed by atoms with E-state index in [0.29, 0.717) is 40.4 Å². The molecule has 33 heavy (non-hydrogen) atoms. The summed E-state index contributed by atoms with van der Waals surface area (Å²) in [7, 11) is 0. The average molecular weight is 533 g/mol. The SMILES string of the molecule is CCCOc1c(Br)cc(/C=C2\SC(=O)N(CC(=O)Nc3ccccc3C)C2=O)cc1OCC. The molecule has 0 aliphatic carbocycles. The van der Waals surface area contributed by atoms with Crippen molar-refractivity contribution >= 4 is 56.5 Å². The van der Waals surface area contributed by atoms with Crippen molar-refractivity contribution in [3.05, 3.63) is 56.9 Å². The average Bonchev–Trinajstić information content (AvgIpc) is 3.02. The minimum Gasteiger partial charge on any atom is -0.490 e. The molecule has 1 aliphatic rings. The summed E-state index contributed by atoms with van der Waals surface area (Å²) in [6.45, 7) is 6.39. The van der Waals surface area contributed by atoms with E-state index in [1.807, 2.05) is 32.9 Å². The van der Waals surface area contributed by atoms with E-state index in [-0.39, 0.29) is 11.4 Å². The standard InChI is InChI=1S/C24H25BrN2O5S/c1-4-10-32-22-17(25)11-16(12-19(22)31-5-2)13-20-23(29)27(24(30)33-20)14-21(28)26-18-9-7-6-8-15(18)3/h6-9,11-13H,4-5,10,14H2,1-3H3,(H,26,28)/b20-13-. The lowest BCUT2D eigenvalue weighted by Gasteiger charge is -2.14. The molecular weight excluding hydrogens is 508 g/mol. The van der Waals surface area contributed by atoms with Crippen LogP contribution in [0.5, 0.6) is 11.5 Å².